The van der Waals surface area contributed by atoms with Crippen LogP contribution in [0.5, 0.6) is 0 Å². The van der Waals surface area contributed by atoms with Gasteiger partial charge in [0.2, 0.25) is 5.91 Å². The quantitative estimate of drug-likeness (QED) is 0.826. The smallest absolute Gasteiger partial charge is 0.354 e. The molecule has 1 atom stereocenters. The summed E-state index contributed by atoms with van der Waals surface area (Å²) in [5.41, 5.74) is 0.813. The van der Waals surface area contributed by atoms with E-state index in [4.69, 9.17) is 5.11 Å². The Kier molecular flexibility index (Phi) is 3.60. The van der Waals surface area contributed by atoms with Gasteiger partial charge >= 0.3 is 5.97 Å². The van der Waals surface area contributed by atoms with Crippen LogP contribution in [0.2, 0.25) is 0 Å². The van der Waals surface area contributed by atoms with Crippen molar-refractivity contribution in [3.05, 3.63) is 29.6 Å². The molecule has 18 heavy (non-hydrogen) atoms. The van der Waals surface area contributed by atoms with Crippen LogP contribution in [0.25, 0.3) is 0 Å². The van der Waals surface area contributed by atoms with E-state index < -0.39 is 5.97 Å². The average molecular weight is 248 g/mol. The van der Waals surface area contributed by atoms with Crippen LogP contribution in [0.3, 0.4) is 0 Å². The highest BCUT2D eigenvalue weighted by Gasteiger charge is 2.32. The van der Waals surface area contributed by atoms with Crippen molar-refractivity contribution in [3.8, 4) is 0 Å². The molecule has 2 rings (SSSR count). The number of carbonyl (C=O) groups excluding carboxylic acids is 1. The summed E-state index contributed by atoms with van der Waals surface area (Å²) in [6.07, 6.45) is 3.76. The van der Waals surface area contributed by atoms with Gasteiger partial charge in [-0.2, -0.15) is 0 Å². The molecule has 1 heterocycles. The van der Waals surface area contributed by atoms with Crippen LogP contribution < -0.4 is 5.32 Å². The number of aromatic nitrogens is 1. The number of pyridine rings is 1. The van der Waals surface area contributed by atoms with Crippen LogP contribution in [0.1, 0.15) is 35.8 Å². The van der Waals surface area contributed by atoms with Crippen LogP contribution in [-0.4, -0.2) is 22.0 Å². The van der Waals surface area contributed by atoms with E-state index in [1.54, 1.807) is 6.07 Å². The standard InChI is InChI=1S/C13H16N2O3/c1-8(10-3-4-10)12(16)15-7-9-2-5-11(13(17)18)14-6-9/h2,5-6,8,10H,3-4,7H2,1H3,(H,15,16)(H,17,18). The summed E-state index contributed by atoms with van der Waals surface area (Å²) >= 11 is 0. The molecule has 5 heteroatoms. The molecule has 1 unspecified atom stereocenters. The van der Waals surface area contributed by atoms with Gasteiger partial charge in [-0.1, -0.05) is 13.0 Å². The van der Waals surface area contributed by atoms with Crippen molar-refractivity contribution in [3.63, 3.8) is 0 Å². The Labute approximate surface area is 105 Å². The van der Waals surface area contributed by atoms with Crippen molar-refractivity contribution in [1.82, 2.24) is 10.3 Å². The van der Waals surface area contributed by atoms with E-state index in [2.05, 4.69) is 10.3 Å². The molecule has 2 N–H and O–H groups in total. The Hall–Kier alpha value is -1.91. The molecule has 1 aliphatic carbocycles. The lowest BCUT2D eigenvalue weighted by Gasteiger charge is -2.10. The summed E-state index contributed by atoms with van der Waals surface area (Å²) in [6, 6.07) is 3.10. The molecule has 0 radical (unpaired) electrons. The van der Waals surface area contributed by atoms with Crippen molar-refractivity contribution in [1.29, 1.82) is 0 Å². The van der Waals surface area contributed by atoms with Crippen molar-refractivity contribution >= 4 is 11.9 Å². The molecule has 1 fully saturated rings. The van der Waals surface area contributed by atoms with Gasteiger partial charge < -0.3 is 10.4 Å². The highest BCUT2D eigenvalue weighted by molar-refractivity contribution is 5.85. The Bertz CT molecular complexity index is 452. The lowest BCUT2D eigenvalue weighted by Crippen LogP contribution is -2.29. The first-order chi connectivity index (χ1) is 8.58. The Morgan fingerprint density at radius 2 is 2.22 bits per heavy atom. The lowest BCUT2D eigenvalue weighted by molar-refractivity contribution is -0.125. The summed E-state index contributed by atoms with van der Waals surface area (Å²) in [7, 11) is 0. The third kappa shape index (κ3) is 3.06. The van der Waals surface area contributed by atoms with E-state index in [9.17, 15) is 9.59 Å². The van der Waals surface area contributed by atoms with Crippen LogP contribution in [0.4, 0.5) is 0 Å². The van der Waals surface area contributed by atoms with Gasteiger partial charge in [0.25, 0.3) is 0 Å². The van der Waals surface area contributed by atoms with Crippen molar-refractivity contribution < 1.29 is 14.7 Å². The number of nitrogens with zero attached hydrogens (tertiary/aromatic N) is 1. The van der Waals surface area contributed by atoms with Crippen molar-refractivity contribution in [2.24, 2.45) is 11.8 Å². The number of amides is 1. The number of carboxylic acids is 1. The van der Waals surface area contributed by atoms with E-state index in [0.717, 1.165) is 18.4 Å². The van der Waals surface area contributed by atoms with Gasteiger partial charge in [-0.15, -0.1) is 0 Å². The lowest BCUT2D eigenvalue weighted by atomic mass is 10.1. The Morgan fingerprint density at radius 1 is 1.50 bits per heavy atom. The van der Waals surface area contributed by atoms with Crippen LogP contribution in [-0.2, 0) is 11.3 Å². The summed E-state index contributed by atoms with van der Waals surface area (Å²) in [5.74, 6) is -0.387. The zero-order valence-corrected chi connectivity index (χ0v) is 10.2. The van der Waals surface area contributed by atoms with E-state index in [1.807, 2.05) is 6.92 Å². The molecule has 0 bridgehead atoms. The predicted molar refractivity (Wildman–Crippen MR) is 64.9 cm³/mol. The largest absolute Gasteiger partial charge is 0.477 e. The maximum absolute atomic E-state index is 11.7. The fourth-order valence-corrected chi connectivity index (χ4v) is 1.82. The topological polar surface area (TPSA) is 79.3 Å². The number of hydrogen-bond acceptors (Lipinski definition) is 3. The van der Waals surface area contributed by atoms with Crippen molar-refractivity contribution in [2.75, 3.05) is 0 Å². The summed E-state index contributed by atoms with van der Waals surface area (Å²) in [4.78, 5) is 26.2. The minimum absolute atomic E-state index is 0.0106. The van der Waals surface area contributed by atoms with Gasteiger partial charge in [-0.25, -0.2) is 9.78 Å². The molecule has 1 amide bonds. The van der Waals surface area contributed by atoms with Gasteiger partial charge in [-0.05, 0) is 30.4 Å². The second-order valence-corrected chi connectivity index (χ2v) is 4.70. The molecule has 0 aliphatic heterocycles. The molecule has 0 saturated heterocycles. The van der Waals surface area contributed by atoms with Gasteiger partial charge in [0.15, 0.2) is 0 Å². The summed E-state index contributed by atoms with van der Waals surface area (Å²) in [5, 5.41) is 11.5. The molecule has 1 aromatic heterocycles. The molecular weight excluding hydrogens is 232 g/mol. The SMILES string of the molecule is CC(C(=O)NCc1ccc(C(=O)O)nc1)C1CC1. The number of aromatic carboxylic acids is 1. The van der Waals surface area contributed by atoms with Crippen LogP contribution >= 0.6 is 0 Å². The zero-order chi connectivity index (χ0) is 13.1. The van der Waals surface area contributed by atoms with E-state index >= 15 is 0 Å². The number of hydrogen-bond donors (Lipinski definition) is 2. The molecular formula is C13H16N2O3. The molecule has 1 saturated carbocycles. The second-order valence-electron chi connectivity index (χ2n) is 4.70. The molecule has 0 aromatic carbocycles. The van der Waals surface area contributed by atoms with E-state index in [-0.39, 0.29) is 17.5 Å². The molecule has 0 spiro atoms. The summed E-state index contributed by atoms with van der Waals surface area (Å²) < 4.78 is 0. The van der Waals surface area contributed by atoms with Crippen molar-refractivity contribution in [2.45, 2.75) is 26.3 Å². The van der Waals surface area contributed by atoms with Gasteiger partial charge in [0.1, 0.15) is 5.69 Å². The van der Waals surface area contributed by atoms with Crippen LogP contribution in [0.15, 0.2) is 18.3 Å². The molecule has 96 valence electrons. The fourth-order valence-electron chi connectivity index (χ4n) is 1.82. The maximum Gasteiger partial charge on any atom is 0.354 e. The number of rotatable bonds is 5. The van der Waals surface area contributed by atoms with Gasteiger partial charge in [-0.3, -0.25) is 4.79 Å². The van der Waals surface area contributed by atoms with Gasteiger partial charge in [0, 0.05) is 18.7 Å². The first kappa shape index (κ1) is 12.5. The average Bonchev–Trinajstić information content (AvgIpc) is 3.19. The minimum atomic E-state index is -1.05. The number of carbonyl (C=O) groups is 2. The fraction of sp³-hybridized carbons (Fsp3) is 0.462. The number of carboxylic acid groups (broad SMARTS) is 1. The van der Waals surface area contributed by atoms with E-state index in [1.165, 1.54) is 12.3 Å². The predicted octanol–water partition coefficient (Wildman–Crippen LogP) is 1.44. The highest BCUT2D eigenvalue weighted by Crippen LogP contribution is 2.36. The third-order valence-electron chi connectivity index (χ3n) is 3.25. The Balaban J connectivity index is 1.85. The second kappa shape index (κ2) is 5.16. The van der Waals surface area contributed by atoms with Crippen LogP contribution in [0, 0.1) is 11.8 Å². The molecule has 1 aromatic rings. The van der Waals surface area contributed by atoms with E-state index in [0.29, 0.717) is 12.5 Å². The first-order valence-corrected chi connectivity index (χ1v) is 6.04. The first-order valence-electron chi connectivity index (χ1n) is 6.04. The Morgan fingerprint density at radius 3 is 2.72 bits per heavy atom. The monoisotopic (exact) mass is 248 g/mol. The third-order valence-corrected chi connectivity index (χ3v) is 3.25. The maximum atomic E-state index is 11.7. The normalized spacial score (nSPS) is 16.1. The molecule has 1 aliphatic rings. The number of nitrogens with one attached hydrogen (secondary N) is 1. The van der Waals surface area contributed by atoms with Gasteiger partial charge in [0.05, 0.1) is 0 Å². The highest BCUT2D eigenvalue weighted by atomic mass is 16.4. The minimum Gasteiger partial charge on any atom is -0.477 e. The summed E-state index contributed by atoms with van der Waals surface area (Å²) in [6.45, 7) is 2.33. The zero-order valence-electron chi connectivity index (χ0n) is 10.2. The molecule has 5 nitrogen and oxygen atoms in total.